The lowest BCUT2D eigenvalue weighted by Gasteiger charge is -2.35. The summed E-state index contributed by atoms with van der Waals surface area (Å²) in [6, 6.07) is 7.04. The molecule has 22 heavy (non-hydrogen) atoms. The lowest BCUT2D eigenvalue weighted by Crippen LogP contribution is -2.46. The average Bonchev–Trinajstić information content (AvgIpc) is 2.72. The van der Waals surface area contributed by atoms with E-state index in [9.17, 15) is 9.59 Å². The molecule has 0 aliphatic carbocycles. The third kappa shape index (κ3) is 2.91. The molecule has 2 aliphatic heterocycles. The Labute approximate surface area is 130 Å². The standard InChI is InChI=1S/C17H22N2O3/c1-12-10-18(11-13(2)22-12)8-5-9-19-16(20)14-6-3-4-7-15(14)17(19)21/h3-4,6-7,12-13H,5,8-11H2,1-2H3/t12-,13-/m0/s1. The zero-order valence-electron chi connectivity index (χ0n) is 13.1. The number of hydrogen-bond donors (Lipinski definition) is 0. The van der Waals surface area contributed by atoms with Gasteiger partial charge in [-0.2, -0.15) is 0 Å². The van der Waals surface area contributed by atoms with Crippen molar-refractivity contribution < 1.29 is 14.3 Å². The van der Waals surface area contributed by atoms with E-state index in [-0.39, 0.29) is 24.0 Å². The Bertz CT molecular complexity index is 542. The Morgan fingerprint density at radius 1 is 1.00 bits per heavy atom. The highest BCUT2D eigenvalue weighted by Gasteiger charge is 2.34. The van der Waals surface area contributed by atoms with Gasteiger partial charge in [0.15, 0.2) is 0 Å². The van der Waals surface area contributed by atoms with Crippen molar-refractivity contribution in [2.75, 3.05) is 26.2 Å². The van der Waals surface area contributed by atoms with Crippen LogP contribution < -0.4 is 0 Å². The number of amides is 2. The second-order valence-electron chi connectivity index (χ2n) is 6.18. The van der Waals surface area contributed by atoms with Crippen molar-refractivity contribution >= 4 is 11.8 Å². The fraction of sp³-hybridized carbons (Fsp3) is 0.529. The normalized spacial score (nSPS) is 25.6. The SMILES string of the molecule is C[C@H]1CN(CCCN2C(=O)c3ccccc3C2=O)C[C@H](C)O1. The minimum atomic E-state index is -0.163. The van der Waals surface area contributed by atoms with Crippen molar-refractivity contribution in [3.63, 3.8) is 0 Å². The fourth-order valence-electron chi connectivity index (χ4n) is 3.36. The Balaban J connectivity index is 1.55. The molecule has 0 spiro atoms. The van der Waals surface area contributed by atoms with Crippen molar-refractivity contribution in [3.8, 4) is 0 Å². The second-order valence-corrected chi connectivity index (χ2v) is 6.18. The number of imide groups is 1. The Morgan fingerprint density at radius 3 is 2.09 bits per heavy atom. The maximum absolute atomic E-state index is 12.3. The first kappa shape index (κ1) is 15.2. The lowest BCUT2D eigenvalue weighted by molar-refractivity contribution is -0.0682. The molecule has 0 aromatic heterocycles. The summed E-state index contributed by atoms with van der Waals surface area (Å²) >= 11 is 0. The fourth-order valence-corrected chi connectivity index (χ4v) is 3.36. The first-order valence-electron chi connectivity index (χ1n) is 7.89. The van der Waals surface area contributed by atoms with Crippen LogP contribution in [0.2, 0.25) is 0 Å². The summed E-state index contributed by atoms with van der Waals surface area (Å²) in [5.74, 6) is -0.325. The zero-order valence-corrected chi connectivity index (χ0v) is 13.1. The number of fused-ring (bicyclic) bond motifs is 1. The maximum atomic E-state index is 12.3. The number of hydrogen-bond acceptors (Lipinski definition) is 4. The van der Waals surface area contributed by atoms with E-state index < -0.39 is 0 Å². The number of ether oxygens (including phenoxy) is 1. The van der Waals surface area contributed by atoms with Gasteiger partial charge >= 0.3 is 0 Å². The molecule has 2 amide bonds. The van der Waals surface area contributed by atoms with Crippen molar-refractivity contribution in [1.29, 1.82) is 0 Å². The van der Waals surface area contributed by atoms with Gasteiger partial charge in [0.25, 0.3) is 11.8 Å². The molecule has 5 heteroatoms. The molecular weight excluding hydrogens is 280 g/mol. The molecule has 1 saturated heterocycles. The number of benzene rings is 1. The number of nitrogens with zero attached hydrogens (tertiary/aromatic N) is 2. The van der Waals surface area contributed by atoms with Crippen molar-refractivity contribution in [1.82, 2.24) is 9.80 Å². The van der Waals surface area contributed by atoms with Crippen molar-refractivity contribution in [3.05, 3.63) is 35.4 Å². The molecule has 2 aliphatic rings. The molecule has 0 N–H and O–H groups in total. The van der Waals surface area contributed by atoms with E-state index in [0.717, 1.165) is 26.1 Å². The molecule has 2 heterocycles. The summed E-state index contributed by atoms with van der Waals surface area (Å²) in [6.45, 7) is 7.33. The van der Waals surface area contributed by atoms with Gasteiger partial charge < -0.3 is 4.74 Å². The minimum absolute atomic E-state index is 0.163. The topological polar surface area (TPSA) is 49.9 Å². The second kappa shape index (κ2) is 6.18. The van der Waals surface area contributed by atoms with E-state index in [1.165, 1.54) is 4.90 Å². The van der Waals surface area contributed by atoms with Gasteiger partial charge in [-0.1, -0.05) is 12.1 Å². The van der Waals surface area contributed by atoms with Gasteiger partial charge in [-0.15, -0.1) is 0 Å². The Hall–Kier alpha value is -1.72. The quantitative estimate of drug-likeness (QED) is 0.796. The molecule has 5 nitrogen and oxygen atoms in total. The highest BCUT2D eigenvalue weighted by Crippen LogP contribution is 2.22. The smallest absolute Gasteiger partial charge is 0.261 e. The first-order chi connectivity index (χ1) is 10.6. The molecule has 118 valence electrons. The van der Waals surface area contributed by atoms with Crippen LogP contribution in [0.1, 0.15) is 41.0 Å². The van der Waals surface area contributed by atoms with E-state index in [2.05, 4.69) is 18.7 Å². The highest BCUT2D eigenvalue weighted by molar-refractivity contribution is 6.21. The molecule has 1 fully saturated rings. The summed E-state index contributed by atoms with van der Waals surface area (Å²) in [7, 11) is 0. The van der Waals surface area contributed by atoms with Gasteiger partial charge in [0.05, 0.1) is 23.3 Å². The average molecular weight is 302 g/mol. The largest absolute Gasteiger partial charge is 0.373 e. The summed E-state index contributed by atoms with van der Waals surface area (Å²) in [5, 5.41) is 0. The van der Waals surface area contributed by atoms with Crippen LogP contribution in [-0.4, -0.2) is 60.0 Å². The third-order valence-electron chi connectivity index (χ3n) is 4.23. The van der Waals surface area contributed by atoms with Crippen LogP contribution in [0.4, 0.5) is 0 Å². The van der Waals surface area contributed by atoms with Gasteiger partial charge in [-0.05, 0) is 32.4 Å². The van der Waals surface area contributed by atoms with Gasteiger partial charge in [0.1, 0.15) is 0 Å². The lowest BCUT2D eigenvalue weighted by atomic mass is 10.1. The molecule has 2 atom stereocenters. The predicted octanol–water partition coefficient (Wildman–Crippen LogP) is 1.78. The summed E-state index contributed by atoms with van der Waals surface area (Å²) < 4.78 is 5.71. The summed E-state index contributed by atoms with van der Waals surface area (Å²) in [4.78, 5) is 28.2. The van der Waals surface area contributed by atoms with E-state index in [4.69, 9.17) is 4.74 Å². The third-order valence-corrected chi connectivity index (χ3v) is 4.23. The minimum Gasteiger partial charge on any atom is -0.373 e. The maximum Gasteiger partial charge on any atom is 0.261 e. The van der Waals surface area contributed by atoms with Crippen LogP contribution in [0.5, 0.6) is 0 Å². The van der Waals surface area contributed by atoms with Gasteiger partial charge in [0.2, 0.25) is 0 Å². The highest BCUT2D eigenvalue weighted by atomic mass is 16.5. The van der Waals surface area contributed by atoms with Crippen molar-refractivity contribution in [2.45, 2.75) is 32.5 Å². The van der Waals surface area contributed by atoms with Gasteiger partial charge in [-0.25, -0.2) is 0 Å². The molecular formula is C17H22N2O3. The van der Waals surface area contributed by atoms with Crippen LogP contribution in [0.25, 0.3) is 0 Å². The Kier molecular flexibility index (Phi) is 4.27. The molecule has 0 radical (unpaired) electrons. The first-order valence-corrected chi connectivity index (χ1v) is 7.89. The molecule has 0 saturated carbocycles. The number of carbonyl (C=O) groups is 2. The predicted molar refractivity (Wildman–Crippen MR) is 82.9 cm³/mol. The number of carbonyl (C=O) groups excluding carboxylic acids is 2. The van der Waals surface area contributed by atoms with Crippen LogP contribution in [-0.2, 0) is 4.74 Å². The zero-order chi connectivity index (χ0) is 15.7. The summed E-state index contributed by atoms with van der Waals surface area (Å²) in [5.41, 5.74) is 1.06. The Morgan fingerprint density at radius 2 is 1.55 bits per heavy atom. The van der Waals surface area contributed by atoms with Gasteiger partial charge in [-0.3, -0.25) is 19.4 Å². The molecule has 0 unspecified atom stereocenters. The van der Waals surface area contributed by atoms with E-state index in [1.807, 2.05) is 0 Å². The molecule has 3 rings (SSSR count). The molecule has 0 bridgehead atoms. The number of rotatable bonds is 4. The van der Waals surface area contributed by atoms with Crippen molar-refractivity contribution in [2.24, 2.45) is 0 Å². The monoisotopic (exact) mass is 302 g/mol. The summed E-state index contributed by atoms with van der Waals surface area (Å²) in [6.07, 6.45) is 1.27. The van der Waals surface area contributed by atoms with Crippen LogP contribution in [0.3, 0.4) is 0 Å². The molecule has 1 aromatic rings. The van der Waals surface area contributed by atoms with E-state index >= 15 is 0 Å². The van der Waals surface area contributed by atoms with E-state index in [0.29, 0.717) is 17.7 Å². The molecule has 1 aromatic carbocycles. The number of morpholine rings is 1. The van der Waals surface area contributed by atoms with Crippen LogP contribution >= 0.6 is 0 Å². The van der Waals surface area contributed by atoms with Crippen LogP contribution in [0, 0.1) is 0 Å². The van der Waals surface area contributed by atoms with E-state index in [1.54, 1.807) is 24.3 Å². The van der Waals surface area contributed by atoms with Gasteiger partial charge in [0, 0.05) is 26.2 Å². The van der Waals surface area contributed by atoms with Crippen LogP contribution in [0.15, 0.2) is 24.3 Å².